The second-order valence-corrected chi connectivity index (χ2v) is 8.61. The lowest BCUT2D eigenvalue weighted by molar-refractivity contribution is -0.116. The molecule has 0 aromatic heterocycles. The van der Waals surface area contributed by atoms with E-state index in [-0.39, 0.29) is 17.2 Å². The van der Waals surface area contributed by atoms with Gasteiger partial charge in [-0.05, 0) is 54.8 Å². The molecule has 0 aliphatic heterocycles. The van der Waals surface area contributed by atoms with Crippen molar-refractivity contribution in [2.24, 2.45) is 5.73 Å². The van der Waals surface area contributed by atoms with Gasteiger partial charge in [-0.25, -0.2) is 8.42 Å². The highest BCUT2D eigenvalue weighted by Gasteiger charge is 2.21. The van der Waals surface area contributed by atoms with Gasteiger partial charge < -0.3 is 11.1 Å². The van der Waals surface area contributed by atoms with E-state index in [1.54, 1.807) is 63.2 Å². The zero-order chi connectivity index (χ0) is 21.6. The molecule has 3 N–H and O–H groups in total. The van der Waals surface area contributed by atoms with E-state index in [0.29, 0.717) is 36.3 Å². The van der Waals surface area contributed by atoms with Crippen molar-refractivity contribution < 1.29 is 18.0 Å². The molecule has 2 aromatic rings. The fourth-order valence-electron chi connectivity index (χ4n) is 3.04. The number of nitrogens with one attached hydrogen (secondary N) is 1. The van der Waals surface area contributed by atoms with Gasteiger partial charge in [0.15, 0.2) is 0 Å². The van der Waals surface area contributed by atoms with Crippen molar-refractivity contribution in [1.29, 1.82) is 0 Å². The predicted molar refractivity (Wildman–Crippen MR) is 113 cm³/mol. The number of carbonyl (C=O) groups is 2. The molecular weight excluding hydrogens is 390 g/mol. The maximum Gasteiger partial charge on any atom is 0.248 e. The van der Waals surface area contributed by atoms with E-state index in [1.807, 2.05) is 0 Å². The first-order valence-electron chi connectivity index (χ1n) is 9.48. The summed E-state index contributed by atoms with van der Waals surface area (Å²) in [6.45, 7) is 6.19. The molecule has 2 aromatic carbocycles. The molecule has 8 heteroatoms. The fraction of sp³-hybridized carbons (Fsp3) is 0.333. The third-order valence-electron chi connectivity index (χ3n) is 4.68. The number of sulfonamides is 1. The van der Waals surface area contributed by atoms with Crippen LogP contribution in [0.4, 0.5) is 5.69 Å². The number of hydrogen-bond acceptors (Lipinski definition) is 4. The van der Waals surface area contributed by atoms with Gasteiger partial charge in [0, 0.05) is 30.8 Å². The van der Waals surface area contributed by atoms with Crippen molar-refractivity contribution in [2.45, 2.75) is 38.5 Å². The monoisotopic (exact) mass is 417 g/mol. The maximum absolute atomic E-state index is 12.5. The van der Waals surface area contributed by atoms with Crippen LogP contribution in [0.25, 0.3) is 0 Å². The molecule has 0 spiro atoms. The topological polar surface area (TPSA) is 110 Å². The van der Waals surface area contributed by atoms with E-state index < -0.39 is 15.9 Å². The van der Waals surface area contributed by atoms with Crippen molar-refractivity contribution in [3.8, 4) is 0 Å². The largest absolute Gasteiger partial charge is 0.366 e. The van der Waals surface area contributed by atoms with Gasteiger partial charge in [-0.15, -0.1) is 0 Å². The van der Waals surface area contributed by atoms with Gasteiger partial charge in [0.25, 0.3) is 0 Å². The molecule has 0 bridgehead atoms. The normalized spacial score (nSPS) is 11.4. The van der Waals surface area contributed by atoms with Gasteiger partial charge in [-0.2, -0.15) is 4.31 Å². The predicted octanol–water partition coefficient (Wildman–Crippen LogP) is 2.70. The fourth-order valence-corrected chi connectivity index (χ4v) is 4.50. The van der Waals surface area contributed by atoms with E-state index >= 15 is 0 Å². The zero-order valence-corrected chi connectivity index (χ0v) is 17.8. The smallest absolute Gasteiger partial charge is 0.248 e. The van der Waals surface area contributed by atoms with Crippen LogP contribution in [-0.4, -0.2) is 37.6 Å². The van der Waals surface area contributed by atoms with Crippen LogP contribution in [0.2, 0.25) is 0 Å². The quantitative estimate of drug-likeness (QED) is 0.654. The highest BCUT2D eigenvalue weighted by atomic mass is 32.2. The number of carbonyl (C=O) groups excluding carboxylic acids is 2. The lowest BCUT2D eigenvalue weighted by Crippen LogP contribution is -2.30. The number of hydrogen-bond donors (Lipinski definition) is 2. The first kappa shape index (κ1) is 22.6. The molecular formula is C21H27N3O4S. The van der Waals surface area contributed by atoms with Crippen molar-refractivity contribution in [3.63, 3.8) is 0 Å². The van der Waals surface area contributed by atoms with E-state index in [4.69, 9.17) is 5.73 Å². The molecule has 29 heavy (non-hydrogen) atoms. The summed E-state index contributed by atoms with van der Waals surface area (Å²) in [5.74, 6) is -0.678. The summed E-state index contributed by atoms with van der Waals surface area (Å²) in [4.78, 5) is 23.7. The van der Waals surface area contributed by atoms with Crippen LogP contribution in [0.3, 0.4) is 0 Å². The number of benzene rings is 2. The highest BCUT2D eigenvalue weighted by molar-refractivity contribution is 7.89. The molecule has 0 saturated heterocycles. The van der Waals surface area contributed by atoms with Crippen LogP contribution in [0.15, 0.2) is 47.4 Å². The molecule has 0 radical (unpaired) electrons. The summed E-state index contributed by atoms with van der Waals surface area (Å²) < 4.78 is 26.4. The number of anilines is 1. The molecule has 0 fully saturated rings. The maximum atomic E-state index is 12.5. The first-order valence-corrected chi connectivity index (χ1v) is 10.9. The molecule has 0 atom stereocenters. The van der Waals surface area contributed by atoms with Gasteiger partial charge in [0.05, 0.1) is 4.90 Å². The summed E-state index contributed by atoms with van der Waals surface area (Å²) >= 11 is 0. The molecule has 0 saturated carbocycles. The van der Waals surface area contributed by atoms with Crippen LogP contribution in [0, 0.1) is 6.92 Å². The van der Waals surface area contributed by atoms with Gasteiger partial charge in [0.2, 0.25) is 21.8 Å². The van der Waals surface area contributed by atoms with Gasteiger partial charge in [0.1, 0.15) is 0 Å². The Morgan fingerprint density at radius 1 is 1.03 bits per heavy atom. The second kappa shape index (κ2) is 9.67. The first-order chi connectivity index (χ1) is 13.7. The zero-order valence-electron chi connectivity index (χ0n) is 16.9. The van der Waals surface area contributed by atoms with Crippen molar-refractivity contribution in [1.82, 2.24) is 4.31 Å². The Labute approximate surface area is 172 Å². The highest BCUT2D eigenvalue weighted by Crippen LogP contribution is 2.18. The standard InChI is InChI=1S/C21H27N3O4S/c1-4-24(5-2)29(27,28)18-10-6-16(7-11-18)8-13-20(25)23-17-9-12-19(21(22)26)15(3)14-17/h6-7,9-12,14H,4-5,8,13H2,1-3H3,(H2,22,26)(H,23,25). The summed E-state index contributed by atoms with van der Waals surface area (Å²) in [7, 11) is -3.48. The third kappa shape index (κ3) is 5.65. The SMILES string of the molecule is CCN(CC)S(=O)(=O)c1ccc(CCC(=O)Nc2ccc(C(N)=O)c(C)c2)cc1. The number of nitrogens with two attached hydrogens (primary N) is 1. The minimum absolute atomic E-state index is 0.170. The summed E-state index contributed by atoms with van der Waals surface area (Å²) in [5.41, 5.74) is 7.86. The Balaban J connectivity index is 1.97. The molecule has 0 unspecified atom stereocenters. The van der Waals surface area contributed by atoms with Crippen molar-refractivity contribution in [2.75, 3.05) is 18.4 Å². The Hall–Kier alpha value is -2.71. The van der Waals surface area contributed by atoms with Crippen LogP contribution < -0.4 is 11.1 Å². The van der Waals surface area contributed by atoms with E-state index in [0.717, 1.165) is 5.56 Å². The Morgan fingerprint density at radius 2 is 1.66 bits per heavy atom. The molecule has 0 aliphatic rings. The number of nitrogens with zero attached hydrogens (tertiary/aromatic N) is 1. The average Bonchev–Trinajstić information content (AvgIpc) is 2.67. The molecule has 2 amide bonds. The van der Waals surface area contributed by atoms with Crippen LogP contribution in [0.1, 0.15) is 41.8 Å². The summed E-state index contributed by atoms with van der Waals surface area (Å²) in [6, 6.07) is 11.5. The van der Waals surface area contributed by atoms with Crippen molar-refractivity contribution in [3.05, 3.63) is 59.2 Å². The van der Waals surface area contributed by atoms with Crippen LogP contribution in [-0.2, 0) is 21.2 Å². The van der Waals surface area contributed by atoms with Crippen molar-refractivity contribution >= 4 is 27.5 Å². The number of primary amides is 1. The Bertz CT molecular complexity index is 981. The van der Waals surface area contributed by atoms with E-state index in [1.165, 1.54) is 4.31 Å². The third-order valence-corrected chi connectivity index (χ3v) is 6.75. The van der Waals surface area contributed by atoms with Gasteiger partial charge in [-0.3, -0.25) is 9.59 Å². The van der Waals surface area contributed by atoms with Gasteiger partial charge in [-0.1, -0.05) is 26.0 Å². The molecule has 0 heterocycles. The van der Waals surface area contributed by atoms with E-state index in [9.17, 15) is 18.0 Å². The summed E-state index contributed by atoms with van der Waals surface area (Å²) in [6.07, 6.45) is 0.731. The van der Waals surface area contributed by atoms with Crippen LogP contribution >= 0.6 is 0 Å². The number of aryl methyl sites for hydroxylation is 2. The molecule has 0 aliphatic carbocycles. The minimum Gasteiger partial charge on any atom is -0.366 e. The average molecular weight is 418 g/mol. The lowest BCUT2D eigenvalue weighted by Gasteiger charge is -2.18. The van der Waals surface area contributed by atoms with E-state index in [2.05, 4.69) is 5.32 Å². The Kier molecular flexibility index (Phi) is 7.53. The van der Waals surface area contributed by atoms with Crippen LogP contribution in [0.5, 0.6) is 0 Å². The Morgan fingerprint density at radius 3 is 2.17 bits per heavy atom. The number of rotatable bonds is 9. The minimum atomic E-state index is -3.48. The summed E-state index contributed by atoms with van der Waals surface area (Å²) in [5, 5.41) is 2.79. The number of amides is 2. The van der Waals surface area contributed by atoms with Gasteiger partial charge >= 0.3 is 0 Å². The molecule has 7 nitrogen and oxygen atoms in total. The lowest BCUT2D eigenvalue weighted by atomic mass is 10.1. The molecule has 156 valence electrons. The second-order valence-electron chi connectivity index (χ2n) is 6.68. The molecule has 2 rings (SSSR count).